The van der Waals surface area contributed by atoms with Crippen LogP contribution < -0.4 is 0 Å². The maximum atomic E-state index is 7.17. The molecule has 1 fully saturated rings. The van der Waals surface area contributed by atoms with E-state index in [9.17, 15) is 0 Å². The lowest BCUT2D eigenvalue weighted by atomic mass is 9.64. The average molecular weight is 93.9 g/mol. The Morgan fingerprint density at radius 1 is 1.29 bits per heavy atom. The van der Waals surface area contributed by atoms with Gasteiger partial charge < -0.3 is 5.41 Å². The molecule has 0 spiro atoms. The zero-order valence-corrected chi connectivity index (χ0v) is 4.41. The Kier molecular flexibility index (Phi) is 1.50. The molecule has 7 heavy (non-hydrogen) atoms. The lowest BCUT2D eigenvalue weighted by Gasteiger charge is -2.07. The lowest BCUT2D eigenvalue weighted by Crippen LogP contribution is -2.06. The standard InChI is InChI=1S/C5H9BN/c7-5-1-3-6-4-2-5/h7H,1-4H2. The molecule has 1 aliphatic heterocycles. The highest BCUT2D eigenvalue weighted by molar-refractivity contribution is 6.37. The predicted octanol–water partition coefficient (Wildman–Crippen LogP) is 1.34. The van der Waals surface area contributed by atoms with Crippen LogP contribution in [0.4, 0.5) is 0 Å². The van der Waals surface area contributed by atoms with Crippen molar-refractivity contribution in [2.45, 2.75) is 25.5 Å². The van der Waals surface area contributed by atoms with Gasteiger partial charge in [-0.2, -0.15) is 0 Å². The van der Waals surface area contributed by atoms with E-state index in [1.165, 1.54) is 0 Å². The van der Waals surface area contributed by atoms with E-state index in [2.05, 4.69) is 7.28 Å². The molecule has 1 heterocycles. The van der Waals surface area contributed by atoms with Gasteiger partial charge in [0, 0.05) is 5.71 Å². The minimum Gasteiger partial charge on any atom is -0.310 e. The van der Waals surface area contributed by atoms with Crippen LogP contribution in [-0.4, -0.2) is 13.0 Å². The van der Waals surface area contributed by atoms with E-state index in [1.54, 1.807) is 0 Å². The first kappa shape index (κ1) is 4.88. The van der Waals surface area contributed by atoms with Gasteiger partial charge >= 0.3 is 0 Å². The largest absolute Gasteiger partial charge is 0.310 e. The normalized spacial score (nSPS) is 21.4. The second-order valence-electron chi connectivity index (χ2n) is 1.97. The van der Waals surface area contributed by atoms with E-state index < -0.39 is 0 Å². The third-order valence-electron chi connectivity index (χ3n) is 1.30. The van der Waals surface area contributed by atoms with E-state index in [0.29, 0.717) is 0 Å². The molecule has 1 nitrogen and oxygen atoms in total. The highest BCUT2D eigenvalue weighted by Crippen LogP contribution is 2.07. The molecule has 0 amide bonds. The molecule has 0 aliphatic carbocycles. The summed E-state index contributed by atoms with van der Waals surface area (Å²) in [4.78, 5) is 0. The fourth-order valence-corrected chi connectivity index (χ4v) is 0.822. The van der Waals surface area contributed by atoms with Crippen LogP contribution >= 0.6 is 0 Å². The van der Waals surface area contributed by atoms with Gasteiger partial charge in [0.2, 0.25) is 0 Å². The van der Waals surface area contributed by atoms with Crippen LogP contribution in [0.2, 0.25) is 12.6 Å². The number of hydrogen-bond donors (Lipinski definition) is 1. The summed E-state index contributed by atoms with van der Waals surface area (Å²) in [6.45, 7) is 0. The topological polar surface area (TPSA) is 23.9 Å². The molecule has 0 bridgehead atoms. The summed E-state index contributed by atoms with van der Waals surface area (Å²) in [5, 5.41) is 7.17. The van der Waals surface area contributed by atoms with Crippen LogP contribution in [0.3, 0.4) is 0 Å². The maximum Gasteiger partial charge on any atom is 0.110 e. The first-order chi connectivity index (χ1) is 3.39. The third kappa shape index (κ3) is 1.34. The Balaban J connectivity index is 2.25. The lowest BCUT2D eigenvalue weighted by molar-refractivity contribution is 1.06. The summed E-state index contributed by atoms with van der Waals surface area (Å²) in [6.07, 6.45) is 4.30. The van der Waals surface area contributed by atoms with Gasteiger partial charge in [0.15, 0.2) is 0 Å². The molecule has 0 aromatic rings. The summed E-state index contributed by atoms with van der Waals surface area (Å²) in [6, 6.07) is 0. The molecule has 37 valence electrons. The Bertz CT molecular complexity index is 72.1. The molecule has 1 rings (SSSR count). The molecule has 0 aromatic heterocycles. The second kappa shape index (κ2) is 2.15. The molecule has 0 aromatic carbocycles. The minimum atomic E-state index is 0.933. The molecule has 1 radical (unpaired) electrons. The molecule has 0 unspecified atom stereocenters. The molecule has 1 aliphatic rings. The molecule has 2 heteroatoms. The SMILES string of the molecule is N=C1CC[B]CC1. The van der Waals surface area contributed by atoms with Gasteiger partial charge in [0.1, 0.15) is 7.28 Å². The maximum absolute atomic E-state index is 7.17. The van der Waals surface area contributed by atoms with Gasteiger partial charge in [0.25, 0.3) is 0 Å². The number of rotatable bonds is 0. The van der Waals surface area contributed by atoms with Crippen molar-refractivity contribution in [3.05, 3.63) is 0 Å². The quantitative estimate of drug-likeness (QED) is 0.438. The summed E-state index contributed by atoms with van der Waals surface area (Å²) < 4.78 is 0. The van der Waals surface area contributed by atoms with Crippen LogP contribution in [0.25, 0.3) is 0 Å². The Hall–Kier alpha value is -0.265. The highest BCUT2D eigenvalue weighted by atomic mass is 14.4. The van der Waals surface area contributed by atoms with Gasteiger partial charge in [-0.25, -0.2) is 0 Å². The smallest absolute Gasteiger partial charge is 0.110 e. The van der Waals surface area contributed by atoms with Crippen molar-refractivity contribution in [2.24, 2.45) is 0 Å². The van der Waals surface area contributed by atoms with Gasteiger partial charge in [-0.1, -0.05) is 12.6 Å². The van der Waals surface area contributed by atoms with Gasteiger partial charge in [-0.05, 0) is 12.8 Å². The Morgan fingerprint density at radius 3 is 2.14 bits per heavy atom. The number of hydrogen-bond acceptors (Lipinski definition) is 1. The predicted molar refractivity (Wildman–Crippen MR) is 32.3 cm³/mol. The molecule has 1 saturated heterocycles. The summed E-state index contributed by atoms with van der Waals surface area (Å²) in [7, 11) is 2.26. The highest BCUT2D eigenvalue weighted by Gasteiger charge is 2.03. The third-order valence-corrected chi connectivity index (χ3v) is 1.30. The zero-order valence-electron chi connectivity index (χ0n) is 4.41. The van der Waals surface area contributed by atoms with Crippen molar-refractivity contribution < 1.29 is 0 Å². The number of nitrogens with one attached hydrogen (secondary N) is 1. The zero-order chi connectivity index (χ0) is 5.11. The fourth-order valence-electron chi connectivity index (χ4n) is 0.822. The van der Waals surface area contributed by atoms with E-state index in [0.717, 1.165) is 31.2 Å². The first-order valence-electron chi connectivity index (χ1n) is 2.77. The average Bonchev–Trinajstić information content (AvgIpc) is 1.69. The van der Waals surface area contributed by atoms with Crippen molar-refractivity contribution >= 4 is 13.0 Å². The van der Waals surface area contributed by atoms with Crippen LogP contribution in [0.5, 0.6) is 0 Å². The van der Waals surface area contributed by atoms with Crippen molar-refractivity contribution in [3.8, 4) is 0 Å². The van der Waals surface area contributed by atoms with Gasteiger partial charge in [-0.3, -0.25) is 0 Å². The minimum absolute atomic E-state index is 0.933. The van der Waals surface area contributed by atoms with Crippen molar-refractivity contribution in [3.63, 3.8) is 0 Å². The fraction of sp³-hybridized carbons (Fsp3) is 0.800. The molecular formula is C5H9BN. The van der Waals surface area contributed by atoms with Gasteiger partial charge in [-0.15, -0.1) is 0 Å². The second-order valence-corrected chi connectivity index (χ2v) is 1.97. The van der Waals surface area contributed by atoms with Crippen LogP contribution in [-0.2, 0) is 0 Å². The summed E-state index contributed by atoms with van der Waals surface area (Å²) in [5.74, 6) is 0. The van der Waals surface area contributed by atoms with Crippen molar-refractivity contribution in [1.29, 1.82) is 5.41 Å². The summed E-state index contributed by atoms with van der Waals surface area (Å²) >= 11 is 0. The Morgan fingerprint density at radius 2 is 1.86 bits per heavy atom. The van der Waals surface area contributed by atoms with E-state index in [1.807, 2.05) is 0 Å². The van der Waals surface area contributed by atoms with Crippen LogP contribution in [0.1, 0.15) is 12.8 Å². The van der Waals surface area contributed by atoms with E-state index in [-0.39, 0.29) is 0 Å². The molecule has 0 atom stereocenters. The molecule has 1 N–H and O–H groups in total. The van der Waals surface area contributed by atoms with Crippen molar-refractivity contribution in [1.82, 2.24) is 0 Å². The van der Waals surface area contributed by atoms with Crippen LogP contribution in [0.15, 0.2) is 0 Å². The van der Waals surface area contributed by atoms with Crippen LogP contribution in [0, 0.1) is 5.41 Å². The first-order valence-corrected chi connectivity index (χ1v) is 2.77. The summed E-state index contributed by atoms with van der Waals surface area (Å²) in [5.41, 5.74) is 0.933. The molecule has 0 saturated carbocycles. The monoisotopic (exact) mass is 94.1 g/mol. The van der Waals surface area contributed by atoms with E-state index in [4.69, 9.17) is 5.41 Å². The Labute approximate surface area is 44.9 Å². The van der Waals surface area contributed by atoms with E-state index >= 15 is 0 Å². The van der Waals surface area contributed by atoms with Gasteiger partial charge in [0.05, 0.1) is 0 Å². The molecular weight excluding hydrogens is 84.9 g/mol. The van der Waals surface area contributed by atoms with Crippen molar-refractivity contribution in [2.75, 3.05) is 0 Å².